The van der Waals surface area contributed by atoms with Gasteiger partial charge in [0.2, 0.25) is 5.01 Å². The lowest BCUT2D eigenvalue weighted by Crippen LogP contribution is -2.40. The van der Waals surface area contributed by atoms with Gasteiger partial charge < -0.3 is 43.7 Å². The molecular formula is C37H40Cl2F7N4O12PS2. The van der Waals surface area contributed by atoms with Gasteiger partial charge in [-0.3, -0.25) is 14.9 Å². The second-order valence-electron chi connectivity index (χ2n) is 13.1. The number of halogens is 9. The van der Waals surface area contributed by atoms with E-state index in [4.69, 9.17) is 52.5 Å². The lowest BCUT2D eigenvalue weighted by Gasteiger charge is -2.26. The second-order valence-corrected chi connectivity index (χ2v) is 18.9. The molecule has 65 heavy (non-hydrogen) atoms. The van der Waals surface area contributed by atoms with Crippen LogP contribution in [0.2, 0.25) is 10.0 Å². The topological polar surface area (TPSA) is 238 Å². The van der Waals surface area contributed by atoms with E-state index in [0.717, 1.165) is 25.1 Å². The average Bonchev–Trinajstić information content (AvgIpc) is 3.66. The monoisotopic (exact) mass is 1030 g/mol. The zero-order chi connectivity index (χ0) is 50.0. The fraction of sp³-hybridized carbons (Fsp3) is 0.351. The lowest BCUT2D eigenvalue weighted by atomic mass is 10.2. The molecule has 0 saturated heterocycles. The van der Waals surface area contributed by atoms with Crippen LogP contribution in [0.15, 0.2) is 60.7 Å². The number of nitrogens with one attached hydrogen (secondary N) is 1. The summed E-state index contributed by atoms with van der Waals surface area (Å²) < 4.78 is 113. The van der Waals surface area contributed by atoms with E-state index in [1.165, 1.54) is 41.3 Å². The molecule has 2 atom stereocenters. The van der Waals surface area contributed by atoms with E-state index in [9.17, 15) is 59.4 Å². The summed E-state index contributed by atoms with van der Waals surface area (Å²) >= 11 is 11.9. The van der Waals surface area contributed by atoms with Crippen LogP contribution < -0.4 is 24.6 Å². The Balaban J connectivity index is 0.000000507. The number of rotatable bonds is 14. The minimum Gasteiger partial charge on any atom is -0.778 e. The number of carbonyl (C=O) groups is 4. The Kier molecular flexibility index (Phi) is 23.7. The van der Waals surface area contributed by atoms with Crippen molar-refractivity contribution < 1.29 is 88.7 Å². The number of benzene rings is 3. The molecule has 1 amide bonds. The van der Waals surface area contributed by atoms with Crippen molar-refractivity contribution in [3.05, 3.63) is 92.7 Å². The third-order valence-corrected chi connectivity index (χ3v) is 8.85. The molecule has 3 aromatic carbocycles. The Morgan fingerprint density at radius 2 is 1.49 bits per heavy atom. The molecule has 16 nitrogen and oxygen atoms in total. The Hall–Kier alpha value is -4.75. The zero-order valence-corrected chi connectivity index (χ0v) is 38.6. The van der Waals surface area contributed by atoms with E-state index >= 15 is 0 Å². The van der Waals surface area contributed by atoms with Crippen molar-refractivity contribution in [2.75, 3.05) is 43.1 Å². The molecule has 0 radical (unpaired) electrons. The van der Waals surface area contributed by atoms with Crippen molar-refractivity contribution in [3.8, 4) is 16.7 Å². The summed E-state index contributed by atoms with van der Waals surface area (Å²) in [5.74, 6) is -4.50. The number of esters is 1. The van der Waals surface area contributed by atoms with Crippen molar-refractivity contribution in [3.63, 3.8) is 0 Å². The maximum atomic E-state index is 13.0. The van der Waals surface area contributed by atoms with Crippen LogP contribution in [0.3, 0.4) is 0 Å². The standard InChI is InChI=1S/C17H11Cl2F3O5.C14H13F4N3O2S.C3H8NO5P.C3H9S/c1-8(15(23)24)26-16(25)11-7-10(3-4-12(11)18)27-14-5-2-9(6-13(14)19)17(20,21)22;1-8(2)21(10-5-3-9(15)4-6-10)11(22)7-23-13-20-19-12(24-13)14(16,17)18;5-3(6)1-4-2-10(7,8)9;1-4(2)3/h2-8H,1H3,(H,23,24);3-6,8H,7H2,1-2H3;4H,1-2H2,(H,5,6)(H2,7,8,9);1-3H3/q;;;+1/p-1/t8-;;;/m0.../s1. The predicted octanol–water partition coefficient (Wildman–Crippen LogP) is 7.61. The molecule has 0 aliphatic heterocycles. The minimum atomic E-state index is -4.61. The molecule has 360 valence electrons. The zero-order valence-electron chi connectivity index (χ0n) is 34.6. The Labute approximate surface area is 383 Å². The summed E-state index contributed by atoms with van der Waals surface area (Å²) in [5, 5.41) is 23.2. The van der Waals surface area contributed by atoms with Gasteiger partial charge in [0.1, 0.15) is 24.9 Å². The summed E-state index contributed by atoms with van der Waals surface area (Å²) in [6.45, 7) is 3.66. The van der Waals surface area contributed by atoms with Gasteiger partial charge in [0.05, 0.1) is 52.8 Å². The number of anilines is 1. The van der Waals surface area contributed by atoms with Crippen LogP contribution in [0.5, 0.6) is 16.7 Å². The highest BCUT2D eigenvalue weighted by molar-refractivity contribution is 7.94. The number of nitrogens with zero attached hydrogens (tertiary/aromatic N) is 3. The highest BCUT2D eigenvalue weighted by atomic mass is 35.5. The van der Waals surface area contributed by atoms with Gasteiger partial charge in [-0.25, -0.2) is 14.0 Å². The molecular weight excluding hydrogens is 991 g/mol. The highest BCUT2D eigenvalue weighted by Gasteiger charge is 2.36. The SMILES string of the molecule is CC(C)N(C(=O)COc1nnc(C(F)(F)F)s1)c1ccc(F)cc1.C[C@H](OC(=O)c1cc(Oc2ccc(C(F)(F)F)cc2Cl)ccc1Cl)C(=O)O.C[S+](C)C.O=C(O)CNCP(=O)([O-])O. The number of carboxylic acids is 2. The van der Waals surface area contributed by atoms with Crippen molar-refractivity contribution in [2.24, 2.45) is 0 Å². The van der Waals surface area contributed by atoms with Crippen LogP contribution in [0.25, 0.3) is 0 Å². The number of carboxylic acid groups (broad SMARTS) is 2. The van der Waals surface area contributed by atoms with Gasteiger partial charge in [-0.1, -0.05) is 39.6 Å². The number of aromatic nitrogens is 2. The fourth-order valence-corrected chi connectivity index (χ4v) is 5.47. The van der Waals surface area contributed by atoms with Gasteiger partial charge in [0, 0.05) is 11.7 Å². The Morgan fingerprint density at radius 1 is 0.908 bits per heavy atom. The van der Waals surface area contributed by atoms with Crippen LogP contribution in [-0.2, 0) is 46.9 Å². The summed E-state index contributed by atoms with van der Waals surface area (Å²) in [7, 11) is -3.71. The summed E-state index contributed by atoms with van der Waals surface area (Å²) in [6, 6.07) is 11.4. The third kappa shape index (κ3) is 22.8. The maximum Gasteiger partial charge on any atom is 0.445 e. The van der Waals surface area contributed by atoms with Crippen LogP contribution in [0.4, 0.5) is 36.4 Å². The fourth-order valence-electron chi connectivity index (χ4n) is 4.10. The highest BCUT2D eigenvalue weighted by Crippen LogP contribution is 2.37. The van der Waals surface area contributed by atoms with E-state index in [-0.39, 0.29) is 49.7 Å². The Bertz CT molecular complexity index is 2250. The molecule has 0 fully saturated rings. The first kappa shape index (κ1) is 58.3. The van der Waals surface area contributed by atoms with Gasteiger partial charge >= 0.3 is 30.3 Å². The van der Waals surface area contributed by atoms with Crippen LogP contribution >= 0.6 is 42.1 Å². The summed E-state index contributed by atoms with van der Waals surface area (Å²) in [6.07, 6.45) is -4.69. The number of hydrogen-bond acceptors (Lipinski definition) is 13. The molecule has 1 aromatic heterocycles. The first-order valence-electron chi connectivity index (χ1n) is 17.7. The van der Waals surface area contributed by atoms with Crippen molar-refractivity contribution >= 4 is 82.5 Å². The predicted molar refractivity (Wildman–Crippen MR) is 225 cm³/mol. The van der Waals surface area contributed by atoms with Crippen LogP contribution in [0, 0.1) is 5.82 Å². The maximum absolute atomic E-state index is 13.0. The molecule has 0 saturated carbocycles. The third-order valence-electron chi connectivity index (χ3n) is 6.72. The van der Waals surface area contributed by atoms with Crippen LogP contribution in [0.1, 0.15) is 41.7 Å². The molecule has 4 N–H and O–H groups in total. The molecule has 0 aliphatic carbocycles. The van der Waals surface area contributed by atoms with Gasteiger partial charge in [0.25, 0.3) is 11.1 Å². The first-order valence-corrected chi connectivity index (χ1v) is 23.4. The number of carbonyl (C=O) groups excluding carboxylic acids is 2. The van der Waals surface area contributed by atoms with Crippen molar-refractivity contribution in [2.45, 2.75) is 45.3 Å². The van der Waals surface area contributed by atoms with E-state index in [1.54, 1.807) is 13.8 Å². The normalized spacial score (nSPS) is 12.5. The second kappa shape index (κ2) is 26.4. The van der Waals surface area contributed by atoms with E-state index < -0.39 is 85.7 Å². The largest absolute Gasteiger partial charge is 0.778 e. The number of aliphatic carboxylic acids is 2. The number of alkyl halides is 6. The molecule has 4 rings (SSSR count). The van der Waals surface area contributed by atoms with E-state index in [1.807, 2.05) is 5.32 Å². The van der Waals surface area contributed by atoms with Gasteiger partial charge in [-0.05, 0) is 92.3 Å². The Morgan fingerprint density at radius 3 is 1.95 bits per heavy atom. The van der Waals surface area contributed by atoms with Crippen molar-refractivity contribution in [1.29, 1.82) is 0 Å². The molecule has 0 aliphatic rings. The number of hydrogen-bond donors (Lipinski definition) is 4. The molecule has 28 heteroatoms. The van der Waals surface area contributed by atoms with Gasteiger partial charge in [0.15, 0.2) is 12.7 Å². The lowest BCUT2D eigenvalue weighted by molar-refractivity contribution is -0.193. The molecule has 0 spiro atoms. The smallest absolute Gasteiger partial charge is 0.445 e. The van der Waals surface area contributed by atoms with E-state index in [0.29, 0.717) is 22.6 Å². The quantitative estimate of drug-likeness (QED) is 0.0412. The van der Waals surface area contributed by atoms with E-state index in [2.05, 4.69) is 29.0 Å². The van der Waals surface area contributed by atoms with Crippen LogP contribution in [-0.4, -0.2) is 99.5 Å². The average molecular weight is 1030 g/mol. The molecule has 1 heterocycles. The molecule has 1 unspecified atom stereocenters. The van der Waals surface area contributed by atoms with Gasteiger partial charge in [-0.2, -0.15) is 26.3 Å². The number of amides is 1. The summed E-state index contributed by atoms with van der Waals surface area (Å²) in [5.41, 5.74) is -0.665. The summed E-state index contributed by atoms with van der Waals surface area (Å²) in [4.78, 5) is 64.2. The minimum absolute atomic E-state index is 0.0246. The number of ether oxygens (including phenoxy) is 3. The molecule has 4 aromatic rings. The first-order chi connectivity index (χ1) is 29.8. The molecule has 0 bridgehead atoms. The van der Waals surface area contributed by atoms with Gasteiger partial charge in [-0.15, -0.1) is 5.10 Å². The van der Waals surface area contributed by atoms with Crippen molar-refractivity contribution in [1.82, 2.24) is 15.5 Å².